The van der Waals surface area contributed by atoms with Crippen molar-refractivity contribution in [2.75, 3.05) is 5.32 Å². The van der Waals surface area contributed by atoms with Crippen LogP contribution in [0, 0.1) is 5.82 Å². The predicted octanol–water partition coefficient (Wildman–Crippen LogP) is 5.28. The lowest BCUT2D eigenvalue weighted by atomic mass is 10.1. The summed E-state index contributed by atoms with van der Waals surface area (Å²) in [5, 5.41) is 20.6. The highest BCUT2D eigenvalue weighted by molar-refractivity contribution is 5.97. The normalized spacial score (nSPS) is 12.4. The van der Waals surface area contributed by atoms with Crippen LogP contribution in [0.5, 0.6) is 0 Å². The number of unbranched alkanes of at least 4 members (excludes halogenated alkanes) is 1. The Kier molecular flexibility index (Phi) is 5.81. The zero-order valence-electron chi connectivity index (χ0n) is 19.9. The number of aromatic amines is 2. The number of nitrogens with zero attached hydrogens (tertiary/aromatic N) is 5. The Hall–Kier alpha value is -4.64. The standard InChI is InChI=1S/C26H23FN8O2/c1-2-3-4-19(36)31-16-9-15(10-28-11-16)22-21(27)20-18(12-30-22)34-35-25(20)26-32-17-5-7-29-23(24(17)33-26)14-6-8-37-13-14/h5-13,19,31,36H,2-4H2,1H3,(H,32,33)(H,34,35). The maximum absolute atomic E-state index is 16.0. The molecule has 0 saturated heterocycles. The number of pyridine rings is 3. The van der Waals surface area contributed by atoms with Gasteiger partial charge >= 0.3 is 0 Å². The fraction of sp³-hybridized carbons (Fsp3) is 0.192. The van der Waals surface area contributed by atoms with Gasteiger partial charge < -0.3 is 19.8 Å². The molecule has 0 amide bonds. The van der Waals surface area contributed by atoms with E-state index in [9.17, 15) is 5.11 Å². The van der Waals surface area contributed by atoms with Gasteiger partial charge in [0.05, 0.1) is 47.0 Å². The first kappa shape index (κ1) is 22.8. The molecule has 0 aromatic carbocycles. The third kappa shape index (κ3) is 4.19. The molecule has 6 aromatic rings. The van der Waals surface area contributed by atoms with E-state index in [-0.39, 0.29) is 11.1 Å². The lowest BCUT2D eigenvalue weighted by molar-refractivity contribution is 0.190. The van der Waals surface area contributed by atoms with Crippen LogP contribution in [0.4, 0.5) is 10.1 Å². The van der Waals surface area contributed by atoms with Crippen molar-refractivity contribution in [1.29, 1.82) is 0 Å². The van der Waals surface area contributed by atoms with E-state index >= 15 is 4.39 Å². The second-order valence-corrected chi connectivity index (χ2v) is 8.70. The average Bonchev–Trinajstić information content (AvgIpc) is 3.67. The van der Waals surface area contributed by atoms with E-state index in [0.29, 0.717) is 45.9 Å². The van der Waals surface area contributed by atoms with Gasteiger partial charge in [-0.15, -0.1) is 0 Å². The van der Waals surface area contributed by atoms with Crippen molar-refractivity contribution < 1.29 is 13.9 Å². The molecule has 0 bridgehead atoms. The smallest absolute Gasteiger partial charge is 0.161 e. The zero-order chi connectivity index (χ0) is 25.4. The van der Waals surface area contributed by atoms with Crippen molar-refractivity contribution in [2.45, 2.75) is 32.4 Å². The third-order valence-electron chi connectivity index (χ3n) is 6.14. The molecule has 0 spiro atoms. The van der Waals surface area contributed by atoms with Gasteiger partial charge in [-0.3, -0.25) is 20.1 Å². The van der Waals surface area contributed by atoms with E-state index in [1.54, 1.807) is 43.1 Å². The Morgan fingerprint density at radius 3 is 2.84 bits per heavy atom. The molecule has 4 N–H and O–H groups in total. The van der Waals surface area contributed by atoms with E-state index in [1.807, 2.05) is 0 Å². The first-order valence-electron chi connectivity index (χ1n) is 11.9. The summed E-state index contributed by atoms with van der Waals surface area (Å²) >= 11 is 0. The van der Waals surface area contributed by atoms with Crippen molar-refractivity contribution in [1.82, 2.24) is 35.1 Å². The number of aromatic nitrogens is 7. The molecule has 186 valence electrons. The summed E-state index contributed by atoms with van der Waals surface area (Å²) in [7, 11) is 0. The first-order chi connectivity index (χ1) is 18.1. The Morgan fingerprint density at radius 1 is 1.08 bits per heavy atom. The molecule has 0 saturated carbocycles. The van der Waals surface area contributed by atoms with Crippen LogP contribution in [-0.4, -0.2) is 46.5 Å². The van der Waals surface area contributed by atoms with Gasteiger partial charge in [-0.1, -0.05) is 13.3 Å². The predicted molar refractivity (Wildman–Crippen MR) is 137 cm³/mol. The average molecular weight is 499 g/mol. The quantitative estimate of drug-likeness (QED) is 0.208. The fourth-order valence-corrected chi connectivity index (χ4v) is 4.32. The summed E-state index contributed by atoms with van der Waals surface area (Å²) in [6.45, 7) is 2.06. The summed E-state index contributed by atoms with van der Waals surface area (Å²) in [5.41, 5.74) is 4.70. The minimum Gasteiger partial charge on any atom is -0.472 e. The molecule has 0 aliphatic heterocycles. The summed E-state index contributed by atoms with van der Waals surface area (Å²) in [6, 6.07) is 5.31. The van der Waals surface area contributed by atoms with Gasteiger partial charge in [0.1, 0.15) is 28.8 Å². The largest absolute Gasteiger partial charge is 0.472 e. The maximum atomic E-state index is 16.0. The van der Waals surface area contributed by atoms with Gasteiger partial charge in [0.2, 0.25) is 0 Å². The monoisotopic (exact) mass is 498 g/mol. The van der Waals surface area contributed by atoms with Crippen LogP contribution in [0.3, 0.4) is 0 Å². The minimum atomic E-state index is -0.715. The fourth-order valence-electron chi connectivity index (χ4n) is 4.32. The third-order valence-corrected chi connectivity index (χ3v) is 6.14. The summed E-state index contributed by atoms with van der Waals surface area (Å²) in [4.78, 5) is 20.9. The topological polar surface area (TPSA) is 141 Å². The van der Waals surface area contributed by atoms with E-state index in [4.69, 9.17) is 9.40 Å². The number of anilines is 1. The molecular weight excluding hydrogens is 475 g/mol. The molecule has 0 aliphatic carbocycles. The second kappa shape index (κ2) is 9.43. The first-order valence-corrected chi connectivity index (χ1v) is 11.9. The van der Waals surface area contributed by atoms with Crippen molar-refractivity contribution >= 4 is 27.6 Å². The Morgan fingerprint density at radius 2 is 2.00 bits per heavy atom. The van der Waals surface area contributed by atoms with Crippen molar-refractivity contribution in [3.05, 3.63) is 61.3 Å². The van der Waals surface area contributed by atoms with E-state index in [1.165, 1.54) is 12.4 Å². The molecule has 10 nitrogen and oxygen atoms in total. The van der Waals surface area contributed by atoms with Crippen molar-refractivity contribution in [2.24, 2.45) is 0 Å². The summed E-state index contributed by atoms with van der Waals surface area (Å²) in [5.74, 6) is -0.164. The zero-order valence-corrected chi connectivity index (χ0v) is 19.9. The second-order valence-electron chi connectivity index (χ2n) is 8.70. The van der Waals surface area contributed by atoms with Gasteiger partial charge in [0, 0.05) is 23.5 Å². The molecular formula is C26H23FN8O2. The Balaban J connectivity index is 1.41. The number of aliphatic hydroxyl groups is 1. The molecule has 6 rings (SSSR count). The van der Waals surface area contributed by atoms with Gasteiger partial charge in [-0.2, -0.15) is 5.10 Å². The van der Waals surface area contributed by atoms with Crippen LogP contribution >= 0.6 is 0 Å². The number of halogens is 1. The molecule has 0 fully saturated rings. The van der Waals surface area contributed by atoms with Crippen LogP contribution in [0.2, 0.25) is 0 Å². The van der Waals surface area contributed by atoms with Crippen LogP contribution in [0.15, 0.2) is 59.9 Å². The number of imidazole rings is 1. The Bertz CT molecular complexity index is 1690. The number of nitrogens with one attached hydrogen (secondary N) is 3. The number of hydrogen-bond acceptors (Lipinski definition) is 8. The highest BCUT2D eigenvalue weighted by atomic mass is 19.1. The molecule has 0 aliphatic rings. The van der Waals surface area contributed by atoms with Gasteiger partial charge in [-0.25, -0.2) is 9.37 Å². The lowest BCUT2D eigenvalue weighted by Gasteiger charge is -2.14. The van der Waals surface area contributed by atoms with Crippen LogP contribution < -0.4 is 5.32 Å². The number of H-pyrrole nitrogens is 2. The highest BCUT2D eigenvalue weighted by Crippen LogP contribution is 2.34. The van der Waals surface area contributed by atoms with Crippen LogP contribution in [0.25, 0.3) is 56.0 Å². The number of rotatable bonds is 8. The number of furan rings is 1. The van der Waals surface area contributed by atoms with E-state index < -0.39 is 12.0 Å². The molecule has 11 heteroatoms. The maximum Gasteiger partial charge on any atom is 0.161 e. The van der Waals surface area contributed by atoms with Crippen molar-refractivity contribution in [3.63, 3.8) is 0 Å². The molecule has 1 atom stereocenters. The van der Waals surface area contributed by atoms with Crippen LogP contribution in [0.1, 0.15) is 26.2 Å². The molecule has 6 aromatic heterocycles. The number of fused-ring (bicyclic) bond motifs is 2. The van der Waals surface area contributed by atoms with Gasteiger partial charge in [0.25, 0.3) is 0 Å². The molecule has 37 heavy (non-hydrogen) atoms. The van der Waals surface area contributed by atoms with Gasteiger partial charge in [-0.05, 0) is 31.0 Å². The molecule has 0 radical (unpaired) electrons. The summed E-state index contributed by atoms with van der Waals surface area (Å²) in [6.07, 6.45) is 11.2. The molecule has 6 heterocycles. The SMILES string of the molecule is CCCCC(O)Nc1cncc(-c2ncc3[nH]nc(-c4nc5c(-c6ccoc6)nccc5[nH]4)c3c2F)c1. The molecule has 1 unspecified atom stereocenters. The van der Waals surface area contributed by atoms with E-state index in [2.05, 4.69) is 42.4 Å². The van der Waals surface area contributed by atoms with Gasteiger partial charge in [0.15, 0.2) is 11.6 Å². The summed E-state index contributed by atoms with van der Waals surface area (Å²) < 4.78 is 21.2. The van der Waals surface area contributed by atoms with Crippen LogP contribution in [-0.2, 0) is 0 Å². The number of aliphatic hydroxyl groups excluding tert-OH is 1. The van der Waals surface area contributed by atoms with Crippen molar-refractivity contribution in [3.8, 4) is 34.0 Å². The van der Waals surface area contributed by atoms with E-state index in [0.717, 1.165) is 23.9 Å². The minimum absolute atomic E-state index is 0.117. The Labute approximate surface area is 210 Å². The lowest BCUT2D eigenvalue weighted by Crippen LogP contribution is -2.18. The highest BCUT2D eigenvalue weighted by Gasteiger charge is 2.22. The number of hydrogen-bond donors (Lipinski definition) is 4.